The summed E-state index contributed by atoms with van der Waals surface area (Å²) in [5, 5.41) is 3.09. The summed E-state index contributed by atoms with van der Waals surface area (Å²) in [6.45, 7) is 1.67. The molecule has 0 fully saturated rings. The van der Waals surface area contributed by atoms with Gasteiger partial charge in [-0.2, -0.15) is 8.42 Å². The van der Waals surface area contributed by atoms with Gasteiger partial charge in [0.2, 0.25) is 5.91 Å². The highest BCUT2D eigenvalue weighted by Crippen LogP contribution is 2.20. The summed E-state index contributed by atoms with van der Waals surface area (Å²) in [5.74, 6) is -0.360. The smallest absolute Gasteiger partial charge is 0.294 e. The maximum Gasteiger partial charge on any atom is 0.294 e. The first kappa shape index (κ1) is 18.8. The predicted molar refractivity (Wildman–Crippen MR) is 96.9 cm³/mol. The molecule has 2 aromatic rings. The van der Waals surface area contributed by atoms with E-state index in [2.05, 4.69) is 16.2 Å². The molecule has 0 radical (unpaired) electrons. The van der Waals surface area contributed by atoms with Crippen LogP contribution in [0.25, 0.3) is 0 Å². The van der Waals surface area contributed by atoms with Gasteiger partial charge in [-0.05, 0) is 43.3 Å². The van der Waals surface area contributed by atoms with Gasteiger partial charge in [-0.1, -0.05) is 23.7 Å². The highest BCUT2D eigenvalue weighted by Gasteiger charge is 2.08. The molecule has 25 heavy (non-hydrogen) atoms. The van der Waals surface area contributed by atoms with E-state index < -0.39 is 10.1 Å². The molecule has 2 aromatic carbocycles. The molecule has 0 spiro atoms. The van der Waals surface area contributed by atoms with E-state index in [0.717, 1.165) is 0 Å². The van der Waals surface area contributed by atoms with Gasteiger partial charge in [0.15, 0.2) is 0 Å². The van der Waals surface area contributed by atoms with Gasteiger partial charge >= 0.3 is 0 Å². The summed E-state index contributed by atoms with van der Waals surface area (Å²) >= 11 is 5.97. The predicted octanol–water partition coefficient (Wildman–Crippen LogP) is 3.05. The van der Waals surface area contributed by atoms with Crippen molar-refractivity contribution in [1.29, 1.82) is 0 Å². The van der Waals surface area contributed by atoms with E-state index in [4.69, 9.17) is 16.2 Å². The Morgan fingerprint density at radius 3 is 2.36 bits per heavy atom. The summed E-state index contributed by atoms with van der Waals surface area (Å²) in [6.07, 6.45) is 1.34. The van der Waals surface area contributed by atoms with Gasteiger partial charge in [-0.15, -0.1) is 0 Å². The van der Waals surface area contributed by atoms with Crippen molar-refractivity contribution in [2.75, 3.05) is 10.7 Å². The number of rotatable bonds is 6. The van der Waals surface area contributed by atoms with Crippen LogP contribution in [0.3, 0.4) is 0 Å². The molecule has 0 atom stereocenters. The van der Waals surface area contributed by atoms with Crippen LogP contribution in [0.1, 0.15) is 6.92 Å². The maximum atomic E-state index is 11.9. The number of hydrogen-bond acceptors (Lipinski definition) is 5. The lowest BCUT2D eigenvalue weighted by Gasteiger charge is -2.10. The fourth-order valence-electron chi connectivity index (χ4n) is 1.85. The maximum absolute atomic E-state index is 11.9. The molecule has 2 rings (SSSR count). The third-order valence-electron chi connectivity index (χ3n) is 3.04. The van der Waals surface area contributed by atoms with Crippen LogP contribution < -0.4 is 16.2 Å². The highest BCUT2D eigenvalue weighted by molar-refractivity contribution is 7.85. The minimum Gasteiger partial charge on any atom is -0.321 e. The van der Waals surface area contributed by atoms with E-state index >= 15 is 0 Å². The molecular formula is C16H16ClN3O4S. The van der Waals surface area contributed by atoms with Gasteiger partial charge in [0.1, 0.15) is 0 Å². The lowest BCUT2D eigenvalue weighted by atomic mass is 10.3. The Balaban J connectivity index is 1.93. The molecule has 1 amide bonds. The molecule has 0 heterocycles. The van der Waals surface area contributed by atoms with Crippen molar-refractivity contribution < 1.29 is 17.8 Å². The standard InChI is InChI=1S/C16H16ClN3O4S/c1-11(10-16(21)18-15-5-3-2-4-14(15)17)19-20-12-6-8-13(9-7-12)25(22,23)24/h2-10,19-20H,1H3,(H,18,21)(H,22,23,24)/b11-10+. The zero-order chi connectivity index (χ0) is 18.4. The van der Waals surface area contributed by atoms with Gasteiger partial charge in [0.05, 0.1) is 21.3 Å². The number of halogens is 1. The molecule has 7 nitrogen and oxygen atoms in total. The molecule has 132 valence electrons. The molecule has 0 saturated carbocycles. The Morgan fingerprint density at radius 2 is 1.76 bits per heavy atom. The van der Waals surface area contributed by atoms with E-state index in [9.17, 15) is 13.2 Å². The molecular weight excluding hydrogens is 366 g/mol. The lowest BCUT2D eigenvalue weighted by Crippen LogP contribution is -2.21. The van der Waals surface area contributed by atoms with Crippen LogP contribution in [0.15, 0.2) is 65.2 Å². The van der Waals surface area contributed by atoms with Crippen molar-refractivity contribution in [3.63, 3.8) is 0 Å². The van der Waals surface area contributed by atoms with Crippen molar-refractivity contribution in [3.8, 4) is 0 Å². The summed E-state index contributed by atoms with van der Waals surface area (Å²) in [6, 6.07) is 12.3. The Morgan fingerprint density at radius 1 is 1.12 bits per heavy atom. The van der Waals surface area contributed by atoms with Crippen LogP contribution in [-0.2, 0) is 14.9 Å². The van der Waals surface area contributed by atoms with Crippen molar-refractivity contribution >= 4 is 39.0 Å². The molecule has 0 bridgehead atoms. The van der Waals surface area contributed by atoms with Gasteiger partial charge in [-0.3, -0.25) is 9.35 Å². The SMILES string of the molecule is C/C(=C\C(=O)Nc1ccccc1Cl)NNc1ccc(S(=O)(=O)O)cc1. The first-order chi connectivity index (χ1) is 11.8. The second-order valence-corrected chi connectivity index (χ2v) is 6.87. The Bertz CT molecular complexity index is 896. The monoisotopic (exact) mass is 381 g/mol. The Labute approximate surface area is 150 Å². The zero-order valence-corrected chi connectivity index (χ0v) is 14.7. The summed E-state index contributed by atoms with van der Waals surface area (Å²) in [5.41, 5.74) is 7.17. The van der Waals surface area contributed by atoms with Crippen LogP contribution in [-0.4, -0.2) is 18.9 Å². The molecule has 0 saturated heterocycles. The minimum atomic E-state index is -4.22. The summed E-state index contributed by atoms with van der Waals surface area (Å²) in [7, 11) is -4.22. The van der Waals surface area contributed by atoms with E-state index in [0.29, 0.717) is 22.1 Å². The van der Waals surface area contributed by atoms with Crippen molar-refractivity contribution in [2.45, 2.75) is 11.8 Å². The van der Waals surface area contributed by atoms with Gasteiger partial charge < -0.3 is 16.2 Å². The van der Waals surface area contributed by atoms with Gasteiger partial charge in [0.25, 0.3) is 10.1 Å². The number of benzene rings is 2. The summed E-state index contributed by atoms with van der Waals surface area (Å²) in [4.78, 5) is 11.7. The number of para-hydroxylation sites is 1. The Hall–Kier alpha value is -2.55. The first-order valence-electron chi connectivity index (χ1n) is 7.09. The topological polar surface area (TPSA) is 108 Å². The molecule has 4 N–H and O–H groups in total. The average Bonchev–Trinajstić information content (AvgIpc) is 2.54. The first-order valence-corrected chi connectivity index (χ1v) is 8.91. The largest absolute Gasteiger partial charge is 0.321 e. The molecule has 0 aromatic heterocycles. The number of carbonyl (C=O) groups is 1. The summed E-state index contributed by atoms with van der Waals surface area (Å²) < 4.78 is 30.8. The normalized spacial score (nSPS) is 11.7. The second-order valence-electron chi connectivity index (χ2n) is 5.05. The number of amides is 1. The molecule has 0 aliphatic rings. The molecule has 0 aliphatic heterocycles. The van der Waals surface area contributed by atoms with Crippen LogP contribution >= 0.6 is 11.6 Å². The lowest BCUT2D eigenvalue weighted by molar-refractivity contribution is -0.112. The zero-order valence-electron chi connectivity index (χ0n) is 13.2. The minimum absolute atomic E-state index is 0.204. The van der Waals surface area contributed by atoms with Crippen LogP contribution in [0.4, 0.5) is 11.4 Å². The van der Waals surface area contributed by atoms with E-state index in [-0.39, 0.29) is 10.8 Å². The average molecular weight is 382 g/mol. The molecule has 0 unspecified atom stereocenters. The number of hydrazine groups is 1. The quantitative estimate of drug-likeness (QED) is 0.348. The number of carbonyl (C=O) groups excluding carboxylic acids is 1. The van der Waals surface area contributed by atoms with Crippen LogP contribution in [0.5, 0.6) is 0 Å². The highest BCUT2D eigenvalue weighted by atomic mass is 35.5. The van der Waals surface area contributed by atoms with Crippen molar-refractivity contribution in [3.05, 3.63) is 65.3 Å². The number of allylic oxidation sites excluding steroid dienone is 1. The van der Waals surface area contributed by atoms with E-state index in [1.807, 2.05) is 0 Å². The van der Waals surface area contributed by atoms with Crippen LogP contribution in [0, 0.1) is 0 Å². The van der Waals surface area contributed by atoms with Gasteiger partial charge in [-0.25, -0.2) is 0 Å². The van der Waals surface area contributed by atoms with Crippen LogP contribution in [0.2, 0.25) is 5.02 Å². The van der Waals surface area contributed by atoms with Crippen molar-refractivity contribution in [2.24, 2.45) is 0 Å². The van der Waals surface area contributed by atoms with E-state index in [1.165, 1.54) is 30.3 Å². The van der Waals surface area contributed by atoms with Gasteiger partial charge in [0, 0.05) is 11.8 Å². The van der Waals surface area contributed by atoms with Crippen molar-refractivity contribution in [1.82, 2.24) is 5.43 Å². The molecule has 9 heteroatoms. The Kier molecular flexibility index (Phi) is 6.02. The fraction of sp³-hybridized carbons (Fsp3) is 0.0625. The third kappa shape index (κ3) is 5.79. The third-order valence-corrected chi connectivity index (χ3v) is 4.23. The second kappa shape index (κ2) is 8.02. The fourth-order valence-corrected chi connectivity index (χ4v) is 2.51. The molecule has 0 aliphatic carbocycles. The van der Waals surface area contributed by atoms with E-state index in [1.54, 1.807) is 31.2 Å². The number of hydrogen-bond donors (Lipinski definition) is 4. The number of anilines is 2. The number of nitrogens with one attached hydrogen (secondary N) is 3.